The maximum Gasteiger partial charge on any atom is 0.196 e. The summed E-state index contributed by atoms with van der Waals surface area (Å²) in [5.41, 5.74) is 1.90. The molecule has 1 aliphatic carbocycles. The van der Waals surface area contributed by atoms with Gasteiger partial charge in [0.1, 0.15) is 17.4 Å². The number of benzene rings is 1. The van der Waals surface area contributed by atoms with Gasteiger partial charge < -0.3 is 14.8 Å². The molecule has 1 aliphatic rings. The van der Waals surface area contributed by atoms with Crippen molar-refractivity contribution in [3.8, 4) is 0 Å². The highest BCUT2D eigenvalue weighted by Gasteiger charge is 2.41. The number of hydrogen-bond donors (Lipinski definition) is 2. The van der Waals surface area contributed by atoms with Crippen LogP contribution in [0.15, 0.2) is 35.0 Å². The maximum atomic E-state index is 9.73. The van der Waals surface area contributed by atoms with Crippen LogP contribution in [0.3, 0.4) is 0 Å². The van der Waals surface area contributed by atoms with E-state index in [1.807, 2.05) is 31.2 Å². The van der Waals surface area contributed by atoms with Crippen molar-refractivity contribution in [1.29, 1.82) is 0 Å². The first-order valence-corrected chi connectivity index (χ1v) is 7.22. The molecule has 1 atom stereocenters. The second kappa shape index (κ2) is 4.43. The molecule has 2 N–H and O–H groups in total. The normalized spacial score (nSPS) is 18.0. The van der Waals surface area contributed by atoms with Crippen molar-refractivity contribution >= 4 is 27.9 Å². The van der Waals surface area contributed by atoms with Crippen molar-refractivity contribution in [1.82, 2.24) is 9.97 Å². The van der Waals surface area contributed by atoms with Crippen molar-refractivity contribution in [2.75, 3.05) is 11.9 Å². The third-order valence-corrected chi connectivity index (χ3v) is 4.37. The van der Waals surface area contributed by atoms with Gasteiger partial charge in [0.15, 0.2) is 11.4 Å². The van der Waals surface area contributed by atoms with E-state index in [4.69, 9.17) is 4.42 Å². The summed E-state index contributed by atoms with van der Waals surface area (Å²) >= 11 is 0. The van der Waals surface area contributed by atoms with Gasteiger partial charge >= 0.3 is 0 Å². The van der Waals surface area contributed by atoms with Crippen molar-refractivity contribution in [2.24, 2.45) is 5.92 Å². The van der Waals surface area contributed by atoms with E-state index in [-0.39, 0.29) is 12.1 Å². The standard InChI is InChI=1S/C16H17N3O2/c1-16(8-20,10-6-7-10)19-15-14-13(17-9-18-15)11-4-2-3-5-12(11)21-14/h2-5,9-10,20H,6-8H2,1H3,(H,17,18,19). The Bertz CT molecular complexity index is 809. The fourth-order valence-electron chi connectivity index (χ4n) is 2.87. The summed E-state index contributed by atoms with van der Waals surface area (Å²) in [6.07, 6.45) is 3.81. The van der Waals surface area contributed by atoms with E-state index in [0.29, 0.717) is 17.3 Å². The number of anilines is 1. The minimum Gasteiger partial charge on any atom is -0.450 e. The molecule has 0 aliphatic heterocycles. The largest absolute Gasteiger partial charge is 0.450 e. The summed E-state index contributed by atoms with van der Waals surface area (Å²) in [6, 6.07) is 7.82. The quantitative estimate of drug-likeness (QED) is 0.770. The van der Waals surface area contributed by atoms with Gasteiger partial charge in [-0.25, -0.2) is 9.97 Å². The minimum absolute atomic E-state index is 0.0728. The van der Waals surface area contributed by atoms with Crippen LogP contribution in [-0.4, -0.2) is 27.2 Å². The molecule has 2 aromatic heterocycles. The third kappa shape index (κ3) is 1.96. The second-order valence-corrected chi connectivity index (χ2v) is 5.97. The van der Waals surface area contributed by atoms with Crippen LogP contribution in [0.5, 0.6) is 0 Å². The average Bonchev–Trinajstić information content (AvgIpc) is 3.30. The highest BCUT2D eigenvalue weighted by Crippen LogP contribution is 2.42. The molecule has 5 nitrogen and oxygen atoms in total. The van der Waals surface area contributed by atoms with Gasteiger partial charge in [-0.3, -0.25) is 0 Å². The van der Waals surface area contributed by atoms with E-state index in [1.54, 1.807) is 0 Å². The fourth-order valence-corrected chi connectivity index (χ4v) is 2.87. The van der Waals surface area contributed by atoms with Gasteiger partial charge in [0.05, 0.1) is 12.1 Å². The number of furan rings is 1. The van der Waals surface area contributed by atoms with Crippen molar-refractivity contribution in [2.45, 2.75) is 25.3 Å². The lowest BCUT2D eigenvalue weighted by atomic mass is 9.97. The van der Waals surface area contributed by atoms with Crippen LogP contribution < -0.4 is 5.32 Å². The molecule has 1 saturated carbocycles. The Balaban J connectivity index is 1.85. The van der Waals surface area contributed by atoms with E-state index < -0.39 is 0 Å². The zero-order valence-corrected chi connectivity index (χ0v) is 11.8. The summed E-state index contributed by atoms with van der Waals surface area (Å²) in [5, 5.41) is 14.1. The number of para-hydroxylation sites is 1. The van der Waals surface area contributed by atoms with Crippen molar-refractivity contribution < 1.29 is 9.52 Å². The fraction of sp³-hybridized carbons (Fsp3) is 0.375. The number of hydrogen-bond acceptors (Lipinski definition) is 5. The Hall–Kier alpha value is -2.14. The van der Waals surface area contributed by atoms with Crippen LogP contribution in [0, 0.1) is 5.92 Å². The van der Waals surface area contributed by atoms with Crippen molar-refractivity contribution in [3.05, 3.63) is 30.6 Å². The first-order chi connectivity index (χ1) is 10.2. The molecular weight excluding hydrogens is 266 g/mol. The second-order valence-electron chi connectivity index (χ2n) is 5.97. The third-order valence-electron chi connectivity index (χ3n) is 4.37. The van der Waals surface area contributed by atoms with Crippen LogP contribution >= 0.6 is 0 Å². The summed E-state index contributed by atoms with van der Waals surface area (Å²) in [7, 11) is 0. The number of fused-ring (bicyclic) bond motifs is 3. The lowest BCUT2D eigenvalue weighted by Crippen LogP contribution is -2.41. The van der Waals surface area contributed by atoms with Gasteiger partial charge in [0.2, 0.25) is 0 Å². The molecule has 0 bridgehead atoms. The summed E-state index contributed by atoms with van der Waals surface area (Å²) in [5.74, 6) is 1.14. The molecule has 1 aromatic carbocycles. The number of aromatic nitrogens is 2. The first-order valence-electron chi connectivity index (χ1n) is 7.22. The van der Waals surface area contributed by atoms with Gasteiger partial charge in [0.25, 0.3) is 0 Å². The van der Waals surface area contributed by atoms with E-state index in [2.05, 4.69) is 15.3 Å². The Morgan fingerprint density at radius 3 is 2.90 bits per heavy atom. The van der Waals surface area contributed by atoms with Crippen LogP contribution in [0.4, 0.5) is 5.82 Å². The van der Waals surface area contributed by atoms with E-state index in [0.717, 1.165) is 29.3 Å². The first kappa shape index (κ1) is 12.6. The van der Waals surface area contributed by atoms with E-state index in [9.17, 15) is 5.11 Å². The zero-order valence-electron chi connectivity index (χ0n) is 11.8. The molecule has 0 saturated heterocycles. The Kier molecular flexibility index (Phi) is 2.65. The SMILES string of the molecule is CC(CO)(Nc1ncnc2c1oc1ccccc12)C1CC1. The molecule has 1 fully saturated rings. The molecule has 4 rings (SSSR count). The molecule has 108 valence electrons. The predicted octanol–water partition coefficient (Wildman–Crippen LogP) is 2.95. The monoisotopic (exact) mass is 283 g/mol. The highest BCUT2D eigenvalue weighted by molar-refractivity contribution is 6.05. The smallest absolute Gasteiger partial charge is 0.196 e. The van der Waals surface area contributed by atoms with Crippen molar-refractivity contribution in [3.63, 3.8) is 0 Å². The maximum absolute atomic E-state index is 9.73. The summed E-state index contributed by atoms with van der Waals surface area (Å²) in [6.45, 7) is 2.10. The predicted molar refractivity (Wildman–Crippen MR) is 81.1 cm³/mol. The number of nitrogens with one attached hydrogen (secondary N) is 1. The Morgan fingerprint density at radius 2 is 2.14 bits per heavy atom. The lowest BCUT2D eigenvalue weighted by molar-refractivity contribution is 0.205. The molecular formula is C16H17N3O2. The lowest BCUT2D eigenvalue weighted by Gasteiger charge is -2.29. The number of aliphatic hydroxyl groups excluding tert-OH is 1. The molecule has 0 spiro atoms. The Labute approximate surface area is 122 Å². The number of rotatable bonds is 4. The molecule has 21 heavy (non-hydrogen) atoms. The van der Waals surface area contributed by atoms with Gasteiger partial charge in [-0.2, -0.15) is 0 Å². The van der Waals surface area contributed by atoms with Crippen LogP contribution in [0.25, 0.3) is 22.1 Å². The molecule has 2 heterocycles. The number of nitrogens with zero attached hydrogens (tertiary/aromatic N) is 2. The molecule has 0 radical (unpaired) electrons. The molecule has 5 heteroatoms. The van der Waals surface area contributed by atoms with Crippen LogP contribution in [0.1, 0.15) is 19.8 Å². The van der Waals surface area contributed by atoms with Gasteiger partial charge in [0, 0.05) is 5.39 Å². The zero-order chi connectivity index (χ0) is 14.4. The Morgan fingerprint density at radius 1 is 1.33 bits per heavy atom. The topological polar surface area (TPSA) is 71.2 Å². The van der Waals surface area contributed by atoms with Gasteiger partial charge in [-0.05, 0) is 37.8 Å². The molecule has 1 unspecified atom stereocenters. The minimum atomic E-state index is -0.361. The van der Waals surface area contributed by atoms with Gasteiger partial charge in [-0.15, -0.1) is 0 Å². The number of aliphatic hydroxyl groups is 1. The highest BCUT2D eigenvalue weighted by atomic mass is 16.3. The van der Waals surface area contributed by atoms with E-state index >= 15 is 0 Å². The van der Waals surface area contributed by atoms with Gasteiger partial charge in [-0.1, -0.05) is 12.1 Å². The van der Waals surface area contributed by atoms with Crippen LogP contribution in [0.2, 0.25) is 0 Å². The van der Waals surface area contributed by atoms with E-state index in [1.165, 1.54) is 6.33 Å². The van der Waals surface area contributed by atoms with Crippen LogP contribution in [-0.2, 0) is 0 Å². The average molecular weight is 283 g/mol. The summed E-state index contributed by atoms with van der Waals surface area (Å²) < 4.78 is 5.90. The summed E-state index contributed by atoms with van der Waals surface area (Å²) in [4.78, 5) is 8.66. The molecule has 0 amide bonds. The molecule has 3 aromatic rings.